The molecule has 4 aromatic rings. The van der Waals surface area contributed by atoms with Gasteiger partial charge in [0.1, 0.15) is 0 Å². The van der Waals surface area contributed by atoms with Crippen LogP contribution in [0.4, 0.5) is 0 Å². The highest BCUT2D eigenvalue weighted by molar-refractivity contribution is 6.13. The molecule has 0 spiro atoms. The number of amides is 1. The number of nitrogens with one attached hydrogen (secondary N) is 1. The molecule has 2 N–H and O–H groups in total. The minimum atomic E-state index is -1.15. The number of hydrazone groups is 1. The van der Waals surface area contributed by atoms with Crippen LogP contribution in [0, 0.1) is 0 Å². The van der Waals surface area contributed by atoms with Gasteiger partial charge in [0.25, 0.3) is 5.91 Å². The largest absolute Gasteiger partial charge is 0.277 e. The van der Waals surface area contributed by atoms with Gasteiger partial charge < -0.3 is 0 Å². The molecule has 0 fully saturated rings. The number of carbonyl (C=O) groups is 1. The van der Waals surface area contributed by atoms with Gasteiger partial charge in [-0.05, 0) is 33.2 Å². The summed E-state index contributed by atoms with van der Waals surface area (Å²) in [5.41, 5.74) is 3.90. The Hall–Kier alpha value is -3.54. The molecule has 0 saturated heterocycles. The van der Waals surface area contributed by atoms with Crippen LogP contribution in [0.25, 0.3) is 21.5 Å². The predicted octanol–water partition coefficient (Wildman–Crippen LogP) is 4.67. The van der Waals surface area contributed by atoms with Gasteiger partial charge in [0.2, 0.25) is 0 Å². The molecule has 1 atom stereocenters. The third-order valence-corrected chi connectivity index (χ3v) is 4.63. The molecule has 0 aliphatic carbocycles. The highest BCUT2D eigenvalue weighted by Crippen LogP contribution is 2.27. The monoisotopic (exact) mass is 370 g/mol. The zero-order valence-electron chi connectivity index (χ0n) is 14.9. The average Bonchev–Trinajstić information content (AvgIpc) is 2.74. The van der Waals surface area contributed by atoms with E-state index < -0.39 is 12.0 Å². The number of nitrogens with zero attached hydrogens (tertiary/aromatic N) is 1. The Morgan fingerprint density at radius 2 is 1.46 bits per heavy atom. The van der Waals surface area contributed by atoms with Crippen molar-refractivity contribution in [2.24, 2.45) is 5.10 Å². The molecule has 0 aliphatic heterocycles. The van der Waals surface area contributed by atoms with Gasteiger partial charge in [0.15, 0.2) is 6.10 Å². The molecule has 1 unspecified atom stereocenters. The van der Waals surface area contributed by atoms with Crippen LogP contribution in [0.5, 0.6) is 0 Å². The normalized spacial score (nSPS) is 12.5. The molecule has 28 heavy (non-hydrogen) atoms. The smallest absolute Gasteiger partial charge is 0.270 e. The van der Waals surface area contributed by atoms with Crippen LogP contribution >= 0.6 is 0 Å². The van der Waals surface area contributed by atoms with Crippen LogP contribution in [0.15, 0.2) is 90.0 Å². The van der Waals surface area contributed by atoms with E-state index in [0.717, 1.165) is 27.1 Å². The van der Waals surface area contributed by atoms with Gasteiger partial charge in [-0.2, -0.15) is 5.10 Å². The lowest BCUT2D eigenvalue weighted by molar-refractivity contribution is -0.274. The topological polar surface area (TPSA) is 70.9 Å². The molecule has 1 amide bonds. The SMILES string of the molecule is O=C(NN=Cc1c2ccccc2cc2ccccc12)C(OO)c1ccccc1. The zero-order valence-corrected chi connectivity index (χ0v) is 14.9. The van der Waals surface area contributed by atoms with Gasteiger partial charge in [-0.15, -0.1) is 0 Å². The summed E-state index contributed by atoms with van der Waals surface area (Å²) in [5, 5.41) is 17.5. The summed E-state index contributed by atoms with van der Waals surface area (Å²) in [7, 11) is 0. The van der Waals surface area contributed by atoms with E-state index in [9.17, 15) is 4.79 Å². The lowest BCUT2D eigenvalue weighted by Gasteiger charge is -2.12. The fourth-order valence-electron chi connectivity index (χ4n) is 3.30. The quantitative estimate of drug-likeness (QED) is 0.232. The molecule has 4 rings (SSSR count). The number of hydrogen-bond acceptors (Lipinski definition) is 4. The molecule has 0 aliphatic rings. The van der Waals surface area contributed by atoms with Gasteiger partial charge in [-0.3, -0.25) is 10.1 Å². The van der Waals surface area contributed by atoms with E-state index in [4.69, 9.17) is 5.26 Å². The molecule has 0 aromatic heterocycles. The Bertz CT molecular complexity index is 1100. The standard InChI is InChI=1S/C23H18N2O3/c26-23(22(28-27)16-8-2-1-3-9-16)25-24-15-21-19-12-6-4-10-17(19)14-18-11-5-7-13-20(18)21/h1-15,22,27H,(H,25,26). The fourth-order valence-corrected chi connectivity index (χ4v) is 3.30. The summed E-state index contributed by atoms with van der Waals surface area (Å²) >= 11 is 0. The predicted molar refractivity (Wildman–Crippen MR) is 110 cm³/mol. The Balaban J connectivity index is 1.65. The maximum Gasteiger partial charge on any atom is 0.277 e. The summed E-state index contributed by atoms with van der Waals surface area (Å²) in [5.74, 6) is -0.561. The molecular weight excluding hydrogens is 352 g/mol. The van der Waals surface area contributed by atoms with Gasteiger partial charge in [-0.25, -0.2) is 10.3 Å². The first kappa shape index (κ1) is 17.9. The average molecular weight is 370 g/mol. The van der Waals surface area contributed by atoms with Crippen molar-refractivity contribution in [2.75, 3.05) is 0 Å². The Labute approximate surface area is 161 Å². The molecule has 4 aromatic carbocycles. The first-order valence-corrected chi connectivity index (χ1v) is 8.86. The molecule has 0 saturated carbocycles. The van der Waals surface area contributed by atoms with Crippen molar-refractivity contribution in [2.45, 2.75) is 6.10 Å². The van der Waals surface area contributed by atoms with Crippen molar-refractivity contribution in [3.63, 3.8) is 0 Å². The van der Waals surface area contributed by atoms with E-state index in [1.165, 1.54) is 0 Å². The molecule has 0 radical (unpaired) electrons. The first-order chi connectivity index (χ1) is 13.8. The molecular formula is C23H18N2O3. The zero-order chi connectivity index (χ0) is 19.3. The van der Waals surface area contributed by atoms with E-state index in [1.54, 1.807) is 30.5 Å². The minimum absolute atomic E-state index is 0.535. The maximum absolute atomic E-state index is 12.4. The second-order valence-corrected chi connectivity index (χ2v) is 6.36. The van der Waals surface area contributed by atoms with Crippen molar-refractivity contribution in [3.05, 3.63) is 96.1 Å². The third-order valence-electron chi connectivity index (χ3n) is 4.63. The van der Waals surface area contributed by atoms with Crippen LogP contribution < -0.4 is 5.43 Å². The highest BCUT2D eigenvalue weighted by atomic mass is 17.1. The van der Waals surface area contributed by atoms with Gasteiger partial charge in [0, 0.05) is 5.56 Å². The number of benzene rings is 4. The van der Waals surface area contributed by atoms with Crippen LogP contribution in [0.2, 0.25) is 0 Å². The van der Waals surface area contributed by atoms with Crippen LogP contribution in [0.1, 0.15) is 17.2 Å². The summed E-state index contributed by atoms with van der Waals surface area (Å²) in [6, 6.07) is 26.9. The molecule has 5 heteroatoms. The second-order valence-electron chi connectivity index (χ2n) is 6.36. The van der Waals surface area contributed by atoms with E-state index in [0.29, 0.717) is 5.56 Å². The molecule has 138 valence electrons. The summed E-state index contributed by atoms with van der Waals surface area (Å²) in [6.45, 7) is 0. The summed E-state index contributed by atoms with van der Waals surface area (Å²) in [4.78, 5) is 16.7. The first-order valence-electron chi connectivity index (χ1n) is 8.86. The Kier molecular flexibility index (Phi) is 5.10. The van der Waals surface area contributed by atoms with E-state index in [-0.39, 0.29) is 0 Å². The van der Waals surface area contributed by atoms with Crippen molar-refractivity contribution in [3.8, 4) is 0 Å². The maximum atomic E-state index is 12.4. The second kappa shape index (κ2) is 8.00. The van der Waals surface area contributed by atoms with Gasteiger partial charge >= 0.3 is 0 Å². The van der Waals surface area contributed by atoms with Crippen LogP contribution in [-0.2, 0) is 9.68 Å². The van der Waals surface area contributed by atoms with Gasteiger partial charge in [0.05, 0.1) is 6.21 Å². The van der Waals surface area contributed by atoms with E-state index >= 15 is 0 Å². The fraction of sp³-hybridized carbons (Fsp3) is 0.0435. The summed E-state index contributed by atoms with van der Waals surface area (Å²) in [6.07, 6.45) is 0.477. The van der Waals surface area contributed by atoms with Crippen LogP contribution in [-0.4, -0.2) is 17.4 Å². The number of carbonyl (C=O) groups excluding carboxylic acids is 1. The van der Waals surface area contributed by atoms with Gasteiger partial charge in [-0.1, -0.05) is 78.9 Å². The van der Waals surface area contributed by atoms with Crippen LogP contribution in [0.3, 0.4) is 0 Å². The minimum Gasteiger partial charge on any atom is -0.270 e. The van der Waals surface area contributed by atoms with Crippen molar-refractivity contribution >= 4 is 33.7 Å². The van der Waals surface area contributed by atoms with Crippen molar-refractivity contribution in [1.82, 2.24) is 5.43 Å². The molecule has 0 bridgehead atoms. The van der Waals surface area contributed by atoms with Crippen molar-refractivity contribution < 1.29 is 14.9 Å². The Morgan fingerprint density at radius 1 is 0.893 bits per heavy atom. The number of rotatable bonds is 5. The lowest BCUT2D eigenvalue weighted by atomic mass is 9.97. The van der Waals surface area contributed by atoms with Crippen molar-refractivity contribution in [1.29, 1.82) is 0 Å². The summed E-state index contributed by atoms with van der Waals surface area (Å²) < 4.78 is 0. The van der Waals surface area contributed by atoms with E-state index in [1.807, 2.05) is 54.6 Å². The lowest BCUT2D eigenvalue weighted by Crippen LogP contribution is -2.26. The van der Waals surface area contributed by atoms with E-state index in [2.05, 4.69) is 21.5 Å². The number of fused-ring (bicyclic) bond motifs is 2. The molecule has 0 heterocycles. The molecule has 5 nitrogen and oxygen atoms in total. The third kappa shape index (κ3) is 3.49. The number of hydrogen-bond donors (Lipinski definition) is 2. The Morgan fingerprint density at radius 3 is 2.07 bits per heavy atom. The highest BCUT2D eigenvalue weighted by Gasteiger charge is 2.21.